The summed E-state index contributed by atoms with van der Waals surface area (Å²) in [6.07, 6.45) is 3.58. The van der Waals surface area contributed by atoms with Crippen molar-refractivity contribution in [1.82, 2.24) is 9.97 Å². The highest BCUT2D eigenvalue weighted by Gasteiger charge is 2.10. The molecule has 0 aromatic carbocycles. The minimum Gasteiger partial charge on any atom is -0.389 e. The molecule has 2 rings (SSSR count). The third kappa shape index (κ3) is 1.48. The summed E-state index contributed by atoms with van der Waals surface area (Å²) in [5.41, 5.74) is 8.90. The first kappa shape index (κ1) is 9.15. The SMILES string of the molecule is Cc1nc(-c2cnccc2C)c(N)s1. The lowest BCUT2D eigenvalue weighted by Crippen LogP contribution is -1.89. The zero-order valence-corrected chi connectivity index (χ0v) is 8.93. The average Bonchev–Trinajstić information content (AvgIpc) is 2.46. The third-order valence-electron chi connectivity index (χ3n) is 2.05. The summed E-state index contributed by atoms with van der Waals surface area (Å²) in [6.45, 7) is 3.99. The van der Waals surface area contributed by atoms with Crippen molar-refractivity contribution in [2.75, 3.05) is 5.73 Å². The lowest BCUT2D eigenvalue weighted by Gasteiger charge is -2.01. The largest absolute Gasteiger partial charge is 0.389 e. The van der Waals surface area contributed by atoms with Crippen LogP contribution in [0.5, 0.6) is 0 Å². The van der Waals surface area contributed by atoms with Crippen LogP contribution in [0.15, 0.2) is 18.5 Å². The quantitative estimate of drug-likeness (QED) is 0.777. The maximum Gasteiger partial charge on any atom is 0.114 e. The van der Waals surface area contributed by atoms with E-state index in [0.717, 1.165) is 26.8 Å². The normalized spacial score (nSPS) is 10.4. The summed E-state index contributed by atoms with van der Waals surface area (Å²) in [7, 11) is 0. The number of nitrogens with zero attached hydrogens (tertiary/aromatic N) is 2. The van der Waals surface area contributed by atoms with Gasteiger partial charge in [0.1, 0.15) is 10.7 Å². The molecule has 0 atom stereocenters. The predicted molar refractivity (Wildman–Crippen MR) is 59.2 cm³/mol. The number of pyridine rings is 1. The number of aromatic nitrogens is 2. The molecule has 72 valence electrons. The number of hydrogen-bond acceptors (Lipinski definition) is 4. The van der Waals surface area contributed by atoms with Gasteiger partial charge in [-0.15, -0.1) is 11.3 Å². The summed E-state index contributed by atoms with van der Waals surface area (Å²) >= 11 is 1.51. The molecule has 0 aliphatic heterocycles. The van der Waals surface area contributed by atoms with Crippen molar-refractivity contribution in [3.05, 3.63) is 29.0 Å². The second-order valence-corrected chi connectivity index (χ2v) is 4.37. The molecule has 4 heteroatoms. The van der Waals surface area contributed by atoms with E-state index in [4.69, 9.17) is 5.73 Å². The average molecular weight is 205 g/mol. The van der Waals surface area contributed by atoms with E-state index in [-0.39, 0.29) is 0 Å². The fourth-order valence-electron chi connectivity index (χ4n) is 1.35. The Balaban J connectivity index is 2.60. The van der Waals surface area contributed by atoms with Gasteiger partial charge in [-0.05, 0) is 25.5 Å². The molecule has 2 aromatic rings. The van der Waals surface area contributed by atoms with E-state index in [1.54, 1.807) is 12.4 Å². The van der Waals surface area contributed by atoms with Gasteiger partial charge in [-0.3, -0.25) is 4.98 Å². The van der Waals surface area contributed by atoms with Gasteiger partial charge in [0.05, 0.1) is 5.01 Å². The number of hydrogen-bond donors (Lipinski definition) is 1. The highest BCUT2D eigenvalue weighted by Crippen LogP contribution is 2.31. The van der Waals surface area contributed by atoms with Crippen molar-refractivity contribution >= 4 is 16.3 Å². The van der Waals surface area contributed by atoms with Gasteiger partial charge >= 0.3 is 0 Å². The third-order valence-corrected chi connectivity index (χ3v) is 2.85. The maximum absolute atomic E-state index is 5.87. The topological polar surface area (TPSA) is 51.8 Å². The first-order valence-corrected chi connectivity index (χ1v) is 5.14. The van der Waals surface area contributed by atoms with Gasteiger partial charge in [-0.25, -0.2) is 4.98 Å². The standard InChI is InChI=1S/C10H11N3S/c1-6-3-4-12-5-8(6)9-10(11)14-7(2)13-9/h3-5H,11H2,1-2H3. The zero-order valence-electron chi connectivity index (χ0n) is 8.11. The summed E-state index contributed by atoms with van der Waals surface area (Å²) in [5, 5.41) is 1.75. The highest BCUT2D eigenvalue weighted by molar-refractivity contribution is 7.16. The molecule has 2 heterocycles. The lowest BCUT2D eigenvalue weighted by molar-refractivity contribution is 1.24. The molecule has 3 nitrogen and oxygen atoms in total. The molecule has 0 bridgehead atoms. The molecule has 0 fully saturated rings. The Kier molecular flexibility index (Phi) is 2.21. The Hall–Kier alpha value is -1.42. The van der Waals surface area contributed by atoms with E-state index in [9.17, 15) is 0 Å². The smallest absolute Gasteiger partial charge is 0.114 e. The van der Waals surface area contributed by atoms with Gasteiger partial charge in [0.25, 0.3) is 0 Å². The molecule has 2 N–H and O–H groups in total. The lowest BCUT2D eigenvalue weighted by atomic mass is 10.1. The second kappa shape index (κ2) is 3.38. The molecule has 14 heavy (non-hydrogen) atoms. The maximum atomic E-state index is 5.87. The monoisotopic (exact) mass is 205 g/mol. The number of thiazole rings is 1. The second-order valence-electron chi connectivity index (χ2n) is 3.14. The van der Waals surface area contributed by atoms with Crippen LogP contribution in [0, 0.1) is 13.8 Å². The zero-order chi connectivity index (χ0) is 10.1. The van der Waals surface area contributed by atoms with Crippen molar-refractivity contribution in [2.24, 2.45) is 0 Å². The van der Waals surface area contributed by atoms with Crippen LogP contribution < -0.4 is 5.73 Å². The number of anilines is 1. The Morgan fingerprint density at radius 3 is 2.71 bits per heavy atom. The molecule has 0 unspecified atom stereocenters. The first-order chi connectivity index (χ1) is 6.68. The fourth-order valence-corrected chi connectivity index (χ4v) is 2.06. The number of nitrogens with two attached hydrogens (primary N) is 1. The molecule has 0 radical (unpaired) electrons. The molecule has 0 spiro atoms. The van der Waals surface area contributed by atoms with E-state index in [1.807, 2.05) is 19.9 Å². The van der Waals surface area contributed by atoms with Gasteiger partial charge < -0.3 is 5.73 Å². The minimum absolute atomic E-state index is 0.763. The Bertz CT molecular complexity index is 462. The van der Waals surface area contributed by atoms with Gasteiger partial charge in [0.2, 0.25) is 0 Å². The van der Waals surface area contributed by atoms with E-state index >= 15 is 0 Å². The van der Waals surface area contributed by atoms with Crippen molar-refractivity contribution in [3.63, 3.8) is 0 Å². The highest BCUT2D eigenvalue weighted by atomic mass is 32.1. The van der Waals surface area contributed by atoms with Crippen LogP contribution in [0.2, 0.25) is 0 Å². The van der Waals surface area contributed by atoms with E-state index in [2.05, 4.69) is 9.97 Å². The Labute approximate surface area is 86.6 Å². The Morgan fingerprint density at radius 1 is 1.36 bits per heavy atom. The summed E-state index contributed by atoms with van der Waals surface area (Å²) in [6, 6.07) is 1.96. The van der Waals surface area contributed by atoms with Crippen LogP contribution in [0.4, 0.5) is 5.00 Å². The van der Waals surface area contributed by atoms with Crippen molar-refractivity contribution < 1.29 is 0 Å². The predicted octanol–water partition coefficient (Wildman–Crippen LogP) is 2.40. The van der Waals surface area contributed by atoms with E-state index in [0.29, 0.717) is 0 Å². The first-order valence-electron chi connectivity index (χ1n) is 4.32. The number of rotatable bonds is 1. The number of aryl methyl sites for hydroxylation is 2. The van der Waals surface area contributed by atoms with Crippen LogP contribution in [0.1, 0.15) is 10.6 Å². The molecule has 2 aromatic heterocycles. The molecular formula is C10H11N3S. The van der Waals surface area contributed by atoms with Crippen molar-refractivity contribution in [3.8, 4) is 11.3 Å². The van der Waals surface area contributed by atoms with E-state index < -0.39 is 0 Å². The van der Waals surface area contributed by atoms with Gasteiger partial charge in [-0.2, -0.15) is 0 Å². The van der Waals surface area contributed by atoms with Crippen molar-refractivity contribution in [1.29, 1.82) is 0 Å². The van der Waals surface area contributed by atoms with Crippen LogP contribution >= 0.6 is 11.3 Å². The van der Waals surface area contributed by atoms with Gasteiger partial charge in [-0.1, -0.05) is 0 Å². The molecule has 0 saturated carbocycles. The van der Waals surface area contributed by atoms with E-state index in [1.165, 1.54) is 11.3 Å². The fraction of sp³-hybridized carbons (Fsp3) is 0.200. The molecule has 0 aliphatic carbocycles. The summed E-state index contributed by atoms with van der Waals surface area (Å²) in [4.78, 5) is 8.48. The molecule has 0 saturated heterocycles. The van der Waals surface area contributed by atoms with Gasteiger partial charge in [0.15, 0.2) is 0 Å². The summed E-state index contributed by atoms with van der Waals surface area (Å²) < 4.78 is 0. The summed E-state index contributed by atoms with van der Waals surface area (Å²) in [5.74, 6) is 0. The van der Waals surface area contributed by atoms with Crippen molar-refractivity contribution in [2.45, 2.75) is 13.8 Å². The van der Waals surface area contributed by atoms with Crippen LogP contribution in [-0.2, 0) is 0 Å². The molecular weight excluding hydrogens is 194 g/mol. The minimum atomic E-state index is 0.763. The molecule has 0 amide bonds. The Morgan fingerprint density at radius 2 is 2.14 bits per heavy atom. The van der Waals surface area contributed by atoms with Crippen LogP contribution in [0.3, 0.4) is 0 Å². The van der Waals surface area contributed by atoms with Gasteiger partial charge in [0, 0.05) is 18.0 Å². The number of nitrogen functional groups attached to an aromatic ring is 1. The van der Waals surface area contributed by atoms with Crippen LogP contribution in [0.25, 0.3) is 11.3 Å². The van der Waals surface area contributed by atoms with Crippen LogP contribution in [-0.4, -0.2) is 9.97 Å². The molecule has 0 aliphatic rings.